The van der Waals surface area contributed by atoms with Crippen molar-refractivity contribution >= 4 is 42.3 Å². The van der Waals surface area contributed by atoms with Crippen LogP contribution in [0.3, 0.4) is 0 Å². The summed E-state index contributed by atoms with van der Waals surface area (Å²) in [6, 6.07) is 5.94. The summed E-state index contributed by atoms with van der Waals surface area (Å²) in [7, 11) is -2.81. The summed E-state index contributed by atoms with van der Waals surface area (Å²) in [4.78, 5) is 33.7. The fourth-order valence-electron chi connectivity index (χ4n) is 3.73. The number of rotatable bonds is 5. The summed E-state index contributed by atoms with van der Waals surface area (Å²) in [5, 5.41) is 11.3. The van der Waals surface area contributed by atoms with E-state index in [0.717, 1.165) is 0 Å². The molecule has 0 bridgehead atoms. The van der Waals surface area contributed by atoms with E-state index >= 15 is 0 Å². The molecule has 0 saturated carbocycles. The number of hydrogen-bond donors (Lipinski definition) is 2. The van der Waals surface area contributed by atoms with Crippen LogP contribution in [-0.2, 0) is 23.1 Å². The van der Waals surface area contributed by atoms with Crippen LogP contribution in [0.2, 0.25) is 0 Å². The summed E-state index contributed by atoms with van der Waals surface area (Å²) < 4.78 is 35.4. The van der Waals surface area contributed by atoms with E-state index < -0.39 is 37.3 Å². The number of nitro benzene ring substituents is 1. The molecule has 0 radical (unpaired) electrons. The Morgan fingerprint density at radius 2 is 2.12 bits per heavy atom. The molecule has 2 fully saturated rings. The average Bonchev–Trinajstić information content (AvgIpc) is 3.31. The van der Waals surface area contributed by atoms with Gasteiger partial charge < -0.3 is 20.1 Å². The lowest BCUT2D eigenvalue weighted by atomic mass is 10.1. The van der Waals surface area contributed by atoms with Crippen LogP contribution in [-0.4, -0.2) is 61.4 Å². The van der Waals surface area contributed by atoms with Crippen LogP contribution in [0.4, 0.5) is 11.5 Å². The van der Waals surface area contributed by atoms with Gasteiger partial charge in [-0.1, -0.05) is 11.8 Å². The first-order chi connectivity index (χ1) is 15.8. The third-order valence-electron chi connectivity index (χ3n) is 5.20. The van der Waals surface area contributed by atoms with Gasteiger partial charge in [0.05, 0.1) is 11.5 Å². The molecule has 3 N–H and O–H groups in total. The summed E-state index contributed by atoms with van der Waals surface area (Å²) in [5.41, 5.74) is 6.63. The van der Waals surface area contributed by atoms with E-state index in [0.29, 0.717) is 21.2 Å². The number of phosphoric acid groups is 1. The largest absolute Gasteiger partial charge is 0.472 e. The smallest absolute Gasteiger partial charge is 0.382 e. The number of nitrogen functional groups attached to an aromatic ring is 1. The number of nitrogens with two attached hydrogens (primary N) is 1. The van der Waals surface area contributed by atoms with Gasteiger partial charge in [0.1, 0.15) is 24.6 Å². The number of nitrogens with zero attached hydrogens (tertiary/aromatic N) is 5. The van der Waals surface area contributed by atoms with Crippen molar-refractivity contribution in [2.75, 3.05) is 19.5 Å². The van der Waals surface area contributed by atoms with Crippen LogP contribution < -0.4 is 5.73 Å². The SMILES string of the molecule is CO[C@@H]1[C@@H]2OP(=O)(O)OC[C@H]2O[C@H]1n1c(Sc2ccc([N+](=O)[O-])cc2)nc2c(N)ncnc21. The van der Waals surface area contributed by atoms with Crippen molar-refractivity contribution in [3.8, 4) is 0 Å². The Hall–Kier alpha value is -2.65. The molecular formula is C17H17N6O8PS. The second-order valence-electron chi connectivity index (χ2n) is 7.15. The van der Waals surface area contributed by atoms with Crippen LogP contribution in [0.5, 0.6) is 0 Å². The zero-order chi connectivity index (χ0) is 23.3. The molecule has 2 saturated heterocycles. The summed E-state index contributed by atoms with van der Waals surface area (Å²) in [5.74, 6) is 0.146. The van der Waals surface area contributed by atoms with Gasteiger partial charge >= 0.3 is 7.82 Å². The molecule has 4 heterocycles. The van der Waals surface area contributed by atoms with Gasteiger partial charge in [0.2, 0.25) is 0 Å². The Kier molecular flexibility index (Phi) is 5.56. The first-order valence-electron chi connectivity index (χ1n) is 9.52. The van der Waals surface area contributed by atoms with Crippen molar-refractivity contribution in [2.24, 2.45) is 0 Å². The molecular weight excluding hydrogens is 479 g/mol. The van der Waals surface area contributed by atoms with Crippen molar-refractivity contribution in [3.05, 3.63) is 40.7 Å². The molecule has 0 aliphatic carbocycles. The number of benzene rings is 1. The molecule has 0 spiro atoms. The third-order valence-corrected chi connectivity index (χ3v) is 7.16. The first-order valence-corrected chi connectivity index (χ1v) is 11.8. The molecule has 2 aliphatic rings. The second kappa shape index (κ2) is 8.29. The second-order valence-corrected chi connectivity index (χ2v) is 9.60. The fraction of sp³-hybridized carbons (Fsp3) is 0.353. The van der Waals surface area contributed by atoms with E-state index in [9.17, 15) is 19.6 Å². The number of fused-ring (bicyclic) bond motifs is 2. The normalized spacial score (nSPS) is 29.3. The van der Waals surface area contributed by atoms with E-state index in [2.05, 4.69) is 15.0 Å². The number of aromatic nitrogens is 4. The number of non-ortho nitro benzene ring substituents is 1. The molecule has 174 valence electrons. The number of methoxy groups -OCH3 is 1. The number of anilines is 1. The maximum absolute atomic E-state index is 12.0. The Bertz CT molecular complexity index is 1270. The van der Waals surface area contributed by atoms with Crippen LogP contribution in [0.1, 0.15) is 6.23 Å². The van der Waals surface area contributed by atoms with E-state index in [-0.39, 0.29) is 18.1 Å². The molecule has 3 aromatic rings. The molecule has 2 aliphatic heterocycles. The minimum atomic E-state index is -4.24. The number of imidazole rings is 1. The Labute approximate surface area is 189 Å². The van der Waals surface area contributed by atoms with E-state index in [1.54, 1.807) is 16.7 Å². The van der Waals surface area contributed by atoms with Crippen LogP contribution in [0.15, 0.2) is 40.6 Å². The zero-order valence-electron chi connectivity index (χ0n) is 16.9. The lowest BCUT2D eigenvalue weighted by molar-refractivity contribution is -0.384. The minimum absolute atomic E-state index is 0.0452. The van der Waals surface area contributed by atoms with Gasteiger partial charge in [0, 0.05) is 24.1 Å². The van der Waals surface area contributed by atoms with E-state index in [1.807, 2.05) is 0 Å². The number of phosphoric ester groups is 1. The summed E-state index contributed by atoms with van der Waals surface area (Å²) >= 11 is 1.20. The quantitative estimate of drug-likeness (QED) is 0.296. The van der Waals surface area contributed by atoms with Gasteiger partial charge in [-0.15, -0.1) is 0 Å². The van der Waals surface area contributed by atoms with Gasteiger partial charge in [0.25, 0.3) is 5.69 Å². The van der Waals surface area contributed by atoms with Crippen molar-refractivity contribution in [1.82, 2.24) is 19.5 Å². The maximum atomic E-state index is 12.0. The number of nitro groups is 1. The van der Waals surface area contributed by atoms with E-state index in [4.69, 9.17) is 24.3 Å². The van der Waals surface area contributed by atoms with Gasteiger partial charge in [-0.05, 0) is 12.1 Å². The third kappa shape index (κ3) is 3.97. The highest BCUT2D eigenvalue weighted by atomic mass is 32.2. The van der Waals surface area contributed by atoms with Crippen LogP contribution >= 0.6 is 19.6 Å². The highest BCUT2D eigenvalue weighted by Crippen LogP contribution is 2.53. The van der Waals surface area contributed by atoms with Crippen LogP contribution in [0.25, 0.3) is 11.2 Å². The molecule has 1 unspecified atom stereocenters. The summed E-state index contributed by atoms with van der Waals surface area (Å²) in [6.45, 7) is -0.163. The van der Waals surface area contributed by atoms with Crippen molar-refractivity contribution < 1.29 is 32.9 Å². The highest BCUT2D eigenvalue weighted by molar-refractivity contribution is 7.99. The maximum Gasteiger partial charge on any atom is 0.472 e. The van der Waals surface area contributed by atoms with Gasteiger partial charge in [-0.2, -0.15) is 0 Å². The summed E-state index contributed by atoms with van der Waals surface area (Å²) in [6.07, 6.45) is -1.93. The zero-order valence-corrected chi connectivity index (χ0v) is 18.6. The first kappa shape index (κ1) is 22.2. The molecule has 0 amide bonds. The Morgan fingerprint density at radius 1 is 1.36 bits per heavy atom. The average molecular weight is 496 g/mol. The molecule has 14 nitrogen and oxygen atoms in total. The standard InChI is InChI=1S/C17H17N6O8PS/c1-28-13-12-10(6-29-32(26,27)31-12)30-16(13)22-15-11(14(18)19-7-20-15)21-17(22)33-9-4-2-8(3-5-9)23(24)25/h2-5,7,10,12-13,16H,6H2,1H3,(H,26,27)(H2,18,19,20)/t10-,12-,13-,16-/m1/s1. The highest BCUT2D eigenvalue weighted by Gasteiger charge is 2.54. The number of hydrogen-bond acceptors (Lipinski definition) is 12. The Balaban J connectivity index is 1.57. The fourth-order valence-corrected chi connectivity index (χ4v) is 5.60. The van der Waals surface area contributed by atoms with Gasteiger partial charge in [0.15, 0.2) is 28.4 Å². The molecule has 5 atom stereocenters. The van der Waals surface area contributed by atoms with Gasteiger partial charge in [-0.3, -0.25) is 23.7 Å². The number of ether oxygens (including phenoxy) is 2. The topological polar surface area (TPSA) is 187 Å². The van der Waals surface area contributed by atoms with Gasteiger partial charge in [-0.25, -0.2) is 19.5 Å². The van der Waals surface area contributed by atoms with E-state index in [1.165, 1.54) is 37.3 Å². The molecule has 16 heteroatoms. The van der Waals surface area contributed by atoms with Crippen LogP contribution in [0, 0.1) is 10.1 Å². The van der Waals surface area contributed by atoms with Crippen molar-refractivity contribution in [2.45, 2.75) is 34.6 Å². The van der Waals surface area contributed by atoms with Crippen molar-refractivity contribution in [3.63, 3.8) is 0 Å². The molecule has 5 rings (SSSR count). The molecule has 1 aromatic carbocycles. The molecule has 2 aromatic heterocycles. The lowest BCUT2D eigenvalue weighted by Crippen LogP contribution is -2.40. The van der Waals surface area contributed by atoms with Crippen molar-refractivity contribution in [1.29, 1.82) is 0 Å². The lowest BCUT2D eigenvalue weighted by Gasteiger charge is -2.29. The molecule has 33 heavy (non-hydrogen) atoms. The predicted octanol–water partition coefficient (Wildman–Crippen LogP) is 1.90. The predicted molar refractivity (Wildman–Crippen MR) is 112 cm³/mol. The monoisotopic (exact) mass is 496 g/mol. The minimum Gasteiger partial charge on any atom is -0.382 e. The Morgan fingerprint density at radius 3 is 2.82 bits per heavy atom.